The van der Waals surface area contributed by atoms with Gasteiger partial charge in [0.05, 0.1) is 25.4 Å². The molecule has 1 amide bonds. The summed E-state index contributed by atoms with van der Waals surface area (Å²) in [4.78, 5) is 10.8. The summed E-state index contributed by atoms with van der Waals surface area (Å²) in [5.74, 6) is -1.81. The third-order valence-electron chi connectivity index (χ3n) is 4.04. The quantitative estimate of drug-likeness (QED) is 0.672. The lowest BCUT2D eigenvalue weighted by atomic mass is 10.1. The zero-order chi connectivity index (χ0) is 23.1. The van der Waals surface area contributed by atoms with Gasteiger partial charge in [0.1, 0.15) is 0 Å². The van der Waals surface area contributed by atoms with Crippen LogP contribution in [-0.2, 0) is 24.5 Å². The van der Waals surface area contributed by atoms with Crippen LogP contribution in [0.15, 0.2) is 57.2 Å². The number of sulfone groups is 2. The fraction of sp³-hybridized carbons (Fsp3) is 0.235. The second kappa shape index (κ2) is 7.84. The van der Waals surface area contributed by atoms with Crippen molar-refractivity contribution in [2.45, 2.75) is 33.4 Å². The molecule has 2 aromatic rings. The molecule has 0 radical (unpaired) electrons. The van der Waals surface area contributed by atoms with Crippen molar-refractivity contribution in [3.8, 4) is 0 Å². The van der Waals surface area contributed by atoms with E-state index in [0.29, 0.717) is 0 Å². The Hall–Kier alpha value is -2.15. The molecule has 2 aromatic carbocycles. The topological polar surface area (TPSA) is 118 Å². The Labute approximate surface area is 175 Å². The predicted molar refractivity (Wildman–Crippen MR) is 102 cm³/mol. The third-order valence-corrected chi connectivity index (χ3v) is 7.21. The molecule has 0 aliphatic rings. The van der Waals surface area contributed by atoms with Crippen molar-refractivity contribution < 1.29 is 39.9 Å². The normalized spacial score (nSPS) is 14.8. The van der Waals surface area contributed by atoms with Gasteiger partial charge in [-0.25, -0.2) is 16.8 Å². The largest absolute Gasteiger partial charge is 0.426 e. The molecular formula is C17H15ClF3NO6S2. The van der Waals surface area contributed by atoms with Crippen molar-refractivity contribution in [1.82, 2.24) is 0 Å². The number of rotatable bonds is 5. The summed E-state index contributed by atoms with van der Waals surface area (Å²) in [6.07, 6.45) is -4.35. The predicted octanol–water partition coefficient (Wildman–Crippen LogP) is 2.83. The van der Waals surface area contributed by atoms with Crippen molar-refractivity contribution in [3.05, 3.63) is 47.5 Å². The number of hydrogen-bond donors (Lipinski definition) is 2. The first-order valence-corrected chi connectivity index (χ1v) is 11.7. The number of aliphatic hydroxyl groups is 1. The first-order chi connectivity index (χ1) is 13.5. The van der Waals surface area contributed by atoms with E-state index in [4.69, 9.17) is 11.6 Å². The van der Waals surface area contributed by atoms with E-state index in [9.17, 15) is 39.9 Å². The van der Waals surface area contributed by atoms with Gasteiger partial charge in [-0.3, -0.25) is 4.79 Å². The Morgan fingerprint density at radius 3 is 2.03 bits per heavy atom. The molecule has 0 saturated heterocycles. The van der Waals surface area contributed by atoms with E-state index in [2.05, 4.69) is 0 Å². The smallest absolute Gasteiger partial charge is 0.373 e. The molecule has 13 heteroatoms. The maximum Gasteiger partial charge on any atom is 0.426 e. The highest BCUT2D eigenvalue weighted by atomic mass is 35.5. The molecule has 1 atom stereocenters. The standard InChI is InChI=1S/C17H15ClF3NO6S2/c1-16(24,17(19,20)21)15(23)22-14-7-6-12(9-13(14)18)30(27,28)11-5-3-4-10(8-11)29(2,25)26/h3-9,24H,1-2H3,(H,22,23). The second-order valence-corrected chi connectivity index (χ2v) is 10.8. The van der Waals surface area contributed by atoms with Crippen LogP contribution in [0, 0.1) is 0 Å². The van der Waals surface area contributed by atoms with E-state index in [0.717, 1.165) is 36.6 Å². The van der Waals surface area contributed by atoms with Crippen molar-refractivity contribution in [3.63, 3.8) is 0 Å². The molecule has 0 aliphatic heterocycles. The Morgan fingerprint density at radius 2 is 1.53 bits per heavy atom. The summed E-state index contributed by atoms with van der Waals surface area (Å²) in [5, 5.41) is 10.7. The van der Waals surface area contributed by atoms with Crippen LogP contribution in [0.4, 0.5) is 18.9 Å². The van der Waals surface area contributed by atoms with Crippen LogP contribution in [-0.4, -0.2) is 45.9 Å². The molecule has 0 saturated carbocycles. The van der Waals surface area contributed by atoms with Gasteiger partial charge in [-0.2, -0.15) is 13.2 Å². The molecule has 1 unspecified atom stereocenters. The number of benzene rings is 2. The Kier molecular flexibility index (Phi) is 6.30. The first-order valence-electron chi connectivity index (χ1n) is 7.93. The number of hydrogen-bond acceptors (Lipinski definition) is 6. The van der Waals surface area contributed by atoms with Crippen molar-refractivity contribution in [2.75, 3.05) is 11.6 Å². The van der Waals surface area contributed by atoms with Crippen molar-refractivity contribution >= 4 is 42.9 Å². The van der Waals surface area contributed by atoms with Crippen LogP contribution in [0.5, 0.6) is 0 Å². The number of halogens is 4. The van der Waals surface area contributed by atoms with Gasteiger partial charge in [0.15, 0.2) is 9.84 Å². The minimum absolute atomic E-state index is 0.229. The van der Waals surface area contributed by atoms with Gasteiger partial charge in [-0.15, -0.1) is 0 Å². The Morgan fingerprint density at radius 1 is 1.00 bits per heavy atom. The number of anilines is 1. The van der Waals surface area contributed by atoms with Crippen LogP contribution in [0.1, 0.15) is 6.92 Å². The fourth-order valence-electron chi connectivity index (χ4n) is 2.15. The molecule has 0 spiro atoms. The number of nitrogens with one attached hydrogen (secondary N) is 1. The number of carbonyl (C=O) groups excluding carboxylic acids is 1. The first kappa shape index (κ1) is 24.1. The van der Waals surface area contributed by atoms with Crippen LogP contribution in [0.3, 0.4) is 0 Å². The molecule has 0 fully saturated rings. The maximum atomic E-state index is 12.8. The fourth-order valence-corrected chi connectivity index (χ4v) is 4.51. The van der Waals surface area contributed by atoms with Crippen molar-refractivity contribution in [1.29, 1.82) is 0 Å². The SMILES string of the molecule is CC(O)(C(=O)Nc1ccc(S(=O)(=O)c2cccc(S(C)(=O)=O)c2)cc1Cl)C(F)(F)F. The summed E-state index contributed by atoms with van der Waals surface area (Å²) >= 11 is 5.90. The molecule has 0 heterocycles. The second-order valence-electron chi connectivity index (χ2n) is 6.42. The minimum atomic E-state index is -5.25. The van der Waals surface area contributed by atoms with E-state index in [-0.39, 0.29) is 22.4 Å². The Bertz CT molecular complexity index is 1210. The molecule has 0 aromatic heterocycles. The van der Waals surface area contributed by atoms with Gasteiger partial charge in [0, 0.05) is 6.26 Å². The maximum absolute atomic E-state index is 12.8. The monoisotopic (exact) mass is 485 g/mol. The lowest BCUT2D eigenvalue weighted by Gasteiger charge is -2.25. The molecule has 164 valence electrons. The van der Waals surface area contributed by atoms with E-state index in [1.54, 1.807) is 5.32 Å². The van der Waals surface area contributed by atoms with Crippen LogP contribution < -0.4 is 5.32 Å². The number of amides is 1. The van der Waals surface area contributed by atoms with Crippen LogP contribution in [0.2, 0.25) is 5.02 Å². The molecule has 30 heavy (non-hydrogen) atoms. The third kappa shape index (κ3) is 4.77. The van der Waals surface area contributed by atoms with Gasteiger partial charge < -0.3 is 10.4 Å². The van der Waals surface area contributed by atoms with E-state index in [1.165, 1.54) is 12.1 Å². The lowest BCUT2D eigenvalue weighted by molar-refractivity contribution is -0.242. The molecule has 7 nitrogen and oxygen atoms in total. The molecule has 0 bridgehead atoms. The van der Waals surface area contributed by atoms with E-state index in [1.807, 2.05) is 0 Å². The summed E-state index contributed by atoms with van der Waals surface area (Å²) in [6.45, 7) is 0.254. The number of alkyl halides is 3. The molecule has 2 N–H and O–H groups in total. The zero-order valence-electron chi connectivity index (χ0n) is 15.4. The molecular weight excluding hydrogens is 471 g/mol. The average molecular weight is 486 g/mol. The van der Waals surface area contributed by atoms with Crippen LogP contribution in [0.25, 0.3) is 0 Å². The Balaban J connectivity index is 2.41. The van der Waals surface area contributed by atoms with Gasteiger partial charge in [0.2, 0.25) is 15.4 Å². The average Bonchev–Trinajstić information content (AvgIpc) is 2.61. The van der Waals surface area contributed by atoms with Crippen LogP contribution >= 0.6 is 11.6 Å². The molecule has 2 rings (SSSR count). The van der Waals surface area contributed by atoms with E-state index < -0.39 is 47.3 Å². The van der Waals surface area contributed by atoms with Crippen molar-refractivity contribution in [2.24, 2.45) is 0 Å². The highest BCUT2D eigenvalue weighted by Crippen LogP contribution is 2.33. The minimum Gasteiger partial charge on any atom is -0.373 e. The summed E-state index contributed by atoms with van der Waals surface area (Å²) in [6, 6.07) is 7.35. The van der Waals surface area contributed by atoms with Gasteiger partial charge in [0.25, 0.3) is 5.91 Å². The highest BCUT2D eigenvalue weighted by molar-refractivity contribution is 7.92. The summed E-state index contributed by atoms with van der Waals surface area (Å²) < 4.78 is 87.0. The van der Waals surface area contributed by atoms with Gasteiger partial charge in [-0.1, -0.05) is 17.7 Å². The zero-order valence-corrected chi connectivity index (χ0v) is 17.7. The van der Waals surface area contributed by atoms with Gasteiger partial charge >= 0.3 is 6.18 Å². The number of carbonyl (C=O) groups is 1. The summed E-state index contributed by atoms with van der Waals surface area (Å²) in [7, 11) is -7.91. The molecule has 0 aliphatic carbocycles. The van der Waals surface area contributed by atoms with E-state index >= 15 is 0 Å². The highest BCUT2D eigenvalue weighted by Gasteiger charge is 2.55. The lowest BCUT2D eigenvalue weighted by Crippen LogP contribution is -2.52. The van der Waals surface area contributed by atoms with Gasteiger partial charge in [-0.05, 0) is 43.3 Å². The summed E-state index contributed by atoms with van der Waals surface area (Å²) in [5.41, 5.74) is -4.07.